The van der Waals surface area contributed by atoms with Gasteiger partial charge in [0, 0.05) is 25.3 Å². The second-order valence-corrected chi connectivity index (χ2v) is 4.58. The summed E-state index contributed by atoms with van der Waals surface area (Å²) in [5.74, 6) is 0.493. The van der Waals surface area contributed by atoms with Crippen LogP contribution in [-0.2, 0) is 0 Å². The van der Waals surface area contributed by atoms with Crippen LogP contribution >= 0.6 is 0 Å². The number of nitrogens with two attached hydrogens (primary N) is 1. The van der Waals surface area contributed by atoms with Crippen molar-refractivity contribution in [3.05, 3.63) is 30.1 Å². The van der Waals surface area contributed by atoms with Gasteiger partial charge >= 0.3 is 0 Å². The largest absolute Gasteiger partial charge is 0.370 e. The van der Waals surface area contributed by atoms with E-state index in [1.807, 2.05) is 13.1 Å². The van der Waals surface area contributed by atoms with E-state index in [0.29, 0.717) is 18.5 Å². The summed E-state index contributed by atoms with van der Waals surface area (Å²) < 4.78 is 13.1. The Morgan fingerprint density at radius 2 is 2.25 bits per heavy atom. The third-order valence-electron chi connectivity index (χ3n) is 3.65. The molecule has 0 heterocycles. The van der Waals surface area contributed by atoms with Crippen LogP contribution in [0.3, 0.4) is 0 Å². The Hall–Kier alpha value is -1.09. The molecule has 0 radical (unpaired) electrons. The molecule has 16 heavy (non-hydrogen) atoms. The predicted octanol–water partition coefficient (Wildman–Crippen LogP) is 2.39. The van der Waals surface area contributed by atoms with Crippen LogP contribution in [0.2, 0.25) is 0 Å². The molecule has 2 rings (SSSR count). The van der Waals surface area contributed by atoms with Crippen LogP contribution in [0.5, 0.6) is 0 Å². The zero-order valence-electron chi connectivity index (χ0n) is 9.70. The molecule has 0 aromatic heterocycles. The van der Waals surface area contributed by atoms with Crippen molar-refractivity contribution >= 4 is 5.69 Å². The lowest BCUT2D eigenvalue weighted by molar-refractivity contribution is 0.260. The minimum absolute atomic E-state index is 0.186. The molecule has 3 heteroatoms. The van der Waals surface area contributed by atoms with Crippen molar-refractivity contribution in [2.75, 3.05) is 18.5 Å². The van der Waals surface area contributed by atoms with Crippen molar-refractivity contribution in [2.24, 2.45) is 11.7 Å². The first-order valence-electron chi connectivity index (χ1n) is 5.91. The second kappa shape index (κ2) is 4.83. The normalized spacial score (nSPS) is 17.9. The minimum atomic E-state index is -0.186. The summed E-state index contributed by atoms with van der Waals surface area (Å²) in [6, 6.07) is 7.06. The van der Waals surface area contributed by atoms with Crippen LogP contribution in [-0.4, -0.2) is 19.6 Å². The first kappa shape index (κ1) is 11.4. The van der Waals surface area contributed by atoms with Gasteiger partial charge in [0.25, 0.3) is 0 Å². The molecule has 1 aliphatic rings. The smallest absolute Gasteiger partial charge is 0.125 e. The number of hydrogen-bond acceptors (Lipinski definition) is 2. The Kier molecular flexibility index (Phi) is 3.44. The van der Waals surface area contributed by atoms with E-state index in [9.17, 15) is 4.39 Å². The standard InChI is InChI=1S/C13H19FN2/c1-16(12-7-3-6-11(14)8-12)13(9-15)10-4-2-5-10/h3,6-8,10,13H,2,4-5,9,15H2,1H3. The molecule has 0 amide bonds. The highest BCUT2D eigenvalue weighted by atomic mass is 19.1. The van der Waals surface area contributed by atoms with Crippen LogP contribution < -0.4 is 10.6 Å². The molecule has 0 spiro atoms. The van der Waals surface area contributed by atoms with Crippen LogP contribution in [0, 0.1) is 11.7 Å². The molecular weight excluding hydrogens is 203 g/mol. The highest BCUT2D eigenvalue weighted by Crippen LogP contribution is 2.33. The lowest BCUT2D eigenvalue weighted by Crippen LogP contribution is -2.46. The maximum atomic E-state index is 13.1. The summed E-state index contributed by atoms with van der Waals surface area (Å²) in [4.78, 5) is 2.12. The Labute approximate surface area is 96.2 Å². The monoisotopic (exact) mass is 222 g/mol. The summed E-state index contributed by atoms with van der Waals surface area (Å²) in [5.41, 5.74) is 6.74. The Balaban J connectivity index is 2.12. The van der Waals surface area contributed by atoms with E-state index in [-0.39, 0.29) is 5.82 Å². The molecule has 0 saturated heterocycles. The van der Waals surface area contributed by atoms with Gasteiger partial charge in [0.05, 0.1) is 0 Å². The maximum Gasteiger partial charge on any atom is 0.125 e. The zero-order valence-corrected chi connectivity index (χ0v) is 9.70. The van der Waals surface area contributed by atoms with Crippen molar-refractivity contribution in [2.45, 2.75) is 25.3 Å². The molecule has 1 fully saturated rings. The van der Waals surface area contributed by atoms with Crippen molar-refractivity contribution in [3.8, 4) is 0 Å². The molecule has 1 saturated carbocycles. The van der Waals surface area contributed by atoms with Gasteiger partial charge in [-0.05, 0) is 37.0 Å². The Morgan fingerprint density at radius 3 is 2.75 bits per heavy atom. The summed E-state index contributed by atoms with van der Waals surface area (Å²) >= 11 is 0. The van der Waals surface area contributed by atoms with Crippen molar-refractivity contribution in [1.29, 1.82) is 0 Å². The summed E-state index contributed by atoms with van der Waals surface area (Å²) in [7, 11) is 2.00. The zero-order chi connectivity index (χ0) is 11.5. The number of rotatable bonds is 4. The van der Waals surface area contributed by atoms with E-state index in [4.69, 9.17) is 5.73 Å². The quantitative estimate of drug-likeness (QED) is 0.847. The van der Waals surface area contributed by atoms with Crippen molar-refractivity contribution < 1.29 is 4.39 Å². The van der Waals surface area contributed by atoms with E-state index in [1.165, 1.54) is 25.3 Å². The number of anilines is 1. The fraction of sp³-hybridized carbons (Fsp3) is 0.538. The number of hydrogen-bond donors (Lipinski definition) is 1. The van der Waals surface area contributed by atoms with Gasteiger partial charge < -0.3 is 10.6 Å². The van der Waals surface area contributed by atoms with Gasteiger partial charge in [0.1, 0.15) is 5.82 Å². The van der Waals surface area contributed by atoms with Crippen molar-refractivity contribution in [3.63, 3.8) is 0 Å². The molecule has 1 atom stereocenters. The van der Waals surface area contributed by atoms with Gasteiger partial charge in [-0.2, -0.15) is 0 Å². The molecule has 1 aromatic rings. The van der Waals surface area contributed by atoms with Crippen LogP contribution in [0.25, 0.3) is 0 Å². The number of likely N-dealkylation sites (N-methyl/N-ethyl adjacent to an activating group) is 1. The van der Waals surface area contributed by atoms with Crippen LogP contribution in [0.1, 0.15) is 19.3 Å². The van der Waals surface area contributed by atoms with Crippen molar-refractivity contribution in [1.82, 2.24) is 0 Å². The van der Waals surface area contributed by atoms with E-state index >= 15 is 0 Å². The molecule has 0 bridgehead atoms. The average Bonchev–Trinajstić information content (AvgIpc) is 2.22. The maximum absolute atomic E-state index is 13.1. The highest BCUT2D eigenvalue weighted by Gasteiger charge is 2.29. The van der Waals surface area contributed by atoms with Gasteiger partial charge in [0.2, 0.25) is 0 Å². The van der Waals surface area contributed by atoms with Gasteiger partial charge in [0.15, 0.2) is 0 Å². The third kappa shape index (κ3) is 2.19. The third-order valence-corrected chi connectivity index (χ3v) is 3.65. The molecule has 1 aromatic carbocycles. The summed E-state index contributed by atoms with van der Waals surface area (Å²) in [5, 5.41) is 0. The molecule has 88 valence electrons. The first-order valence-corrected chi connectivity index (χ1v) is 5.91. The highest BCUT2D eigenvalue weighted by molar-refractivity contribution is 5.47. The van der Waals surface area contributed by atoms with Crippen LogP contribution in [0.15, 0.2) is 24.3 Å². The van der Waals surface area contributed by atoms with E-state index in [0.717, 1.165) is 5.69 Å². The van der Waals surface area contributed by atoms with Gasteiger partial charge in [-0.25, -0.2) is 4.39 Å². The summed E-state index contributed by atoms with van der Waals surface area (Å²) in [6.45, 7) is 0.637. The molecule has 2 nitrogen and oxygen atoms in total. The topological polar surface area (TPSA) is 29.3 Å². The van der Waals surface area contributed by atoms with Gasteiger partial charge in [-0.1, -0.05) is 12.5 Å². The molecular formula is C13H19FN2. The SMILES string of the molecule is CN(c1cccc(F)c1)C(CN)C1CCC1. The molecule has 1 aliphatic carbocycles. The Bertz CT molecular complexity index is 350. The fourth-order valence-electron chi connectivity index (χ4n) is 2.38. The van der Waals surface area contributed by atoms with Gasteiger partial charge in [-0.15, -0.1) is 0 Å². The predicted molar refractivity (Wildman–Crippen MR) is 65.0 cm³/mol. The number of halogens is 1. The fourth-order valence-corrected chi connectivity index (χ4v) is 2.38. The van der Waals surface area contributed by atoms with Crippen LogP contribution in [0.4, 0.5) is 10.1 Å². The van der Waals surface area contributed by atoms with Gasteiger partial charge in [-0.3, -0.25) is 0 Å². The molecule has 2 N–H and O–H groups in total. The van der Waals surface area contributed by atoms with E-state index in [1.54, 1.807) is 12.1 Å². The lowest BCUT2D eigenvalue weighted by Gasteiger charge is -2.40. The molecule has 1 unspecified atom stereocenters. The Morgan fingerprint density at radius 1 is 1.50 bits per heavy atom. The van der Waals surface area contributed by atoms with E-state index in [2.05, 4.69) is 4.90 Å². The second-order valence-electron chi connectivity index (χ2n) is 4.58. The number of nitrogens with zero attached hydrogens (tertiary/aromatic N) is 1. The lowest BCUT2D eigenvalue weighted by atomic mass is 9.79. The molecule has 0 aliphatic heterocycles. The minimum Gasteiger partial charge on any atom is -0.370 e. The van der Waals surface area contributed by atoms with E-state index < -0.39 is 0 Å². The summed E-state index contributed by atoms with van der Waals surface area (Å²) in [6.07, 6.45) is 3.81. The average molecular weight is 222 g/mol. The first-order chi connectivity index (χ1) is 7.72. The number of benzene rings is 1.